The summed E-state index contributed by atoms with van der Waals surface area (Å²) < 4.78 is 9.97. The molecule has 2 saturated carbocycles. The minimum atomic E-state index is -0.486. The molecule has 3 heteroatoms. The van der Waals surface area contributed by atoms with Crippen molar-refractivity contribution in [3.63, 3.8) is 0 Å². The Balaban J connectivity index is 1.79. The molecule has 0 unspecified atom stereocenters. The van der Waals surface area contributed by atoms with Gasteiger partial charge in [-0.3, -0.25) is 0 Å². The van der Waals surface area contributed by atoms with E-state index in [0.29, 0.717) is 12.5 Å². The maximum absolute atomic E-state index is 11.0. The van der Waals surface area contributed by atoms with Crippen molar-refractivity contribution in [1.82, 2.24) is 0 Å². The molecule has 13 heavy (non-hydrogen) atoms. The van der Waals surface area contributed by atoms with Gasteiger partial charge in [-0.2, -0.15) is 0 Å². The highest BCUT2D eigenvalue weighted by atomic mass is 16.7. The van der Waals surface area contributed by atoms with Crippen molar-refractivity contribution in [2.45, 2.75) is 38.7 Å². The van der Waals surface area contributed by atoms with Crippen LogP contribution in [0.1, 0.15) is 32.6 Å². The zero-order valence-electron chi connectivity index (χ0n) is 7.99. The number of carbonyl (C=O) groups excluding carboxylic acids is 1. The van der Waals surface area contributed by atoms with Gasteiger partial charge in [-0.05, 0) is 44.4 Å². The van der Waals surface area contributed by atoms with Gasteiger partial charge in [0.25, 0.3) is 0 Å². The van der Waals surface area contributed by atoms with E-state index in [1.165, 1.54) is 19.3 Å². The summed E-state index contributed by atoms with van der Waals surface area (Å²) in [7, 11) is 0. The molecule has 0 heterocycles. The monoisotopic (exact) mass is 184 g/mol. The lowest BCUT2D eigenvalue weighted by atomic mass is 9.98. The van der Waals surface area contributed by atoms with Crippen molar-refractivity contribution >= 4 is 6.16 Å². The van der Waals surface area contributed by atoms with Crippen LogP contribution in [0, 0.1) is 11.8 Å². The third-order valence-electron chi connectivity index (χ3n) is 3.18. The highest BCUT2D eigenvalue weighted by Gasteiger charge is 2.41. The van der Waals surface area contributed by atoms with Gasteiger partial charge in [0.05, 0.1) is 6.61 Å². The molecule has 2 aliphatic rings. The van der Waals surface area contributed by atoms with Crippen molar-refractivity contribution in [3.05, 3.63) is 0 Å². The zero-order valence-corrected chi connectivity index (χ0v) is 7.99. The van der Waals surface area contributed by atoms with Crippen LogP contribution in [-0.4, -0.2) is 18.9 Å². The van der Waals surface area contributed by atoms with E-state index in [9.17, 15) is 4.79 Å². The van der Waals surface area contributed by atoms with Gasteiger partial charge in [-0.15, -0.1) is 0 Å². The third-order valence-corrected chi connectivity index (χ3v) is 3.18. The summed E-state index contributed by atoms with van der Waals surface area (Å²) in [6.45, 7) is 2.20. The van der Waals surface area contributed by atoms with E-state index in [2.05, 4.69) is 0 Å². The average Bonchev–Trinajstić information content (AvgIpc) is 2.65. The van der Waals surface area contributed by atoms with Gasteiger partial charge in [-0.25, -0.2) is 4.79 Å². The Hall–Kier alpha value is -0.730. The van der Waals surface area contributed by atoms with Gasteiger partial charge in [0, 0.05) is 0 Å². The predicted molar refractivity (Wildman–Crippen MR) is 47.3 cm³/mol. The van der Waals surface area contributed by atoms with Gasteiger partial charge in [-0.1, -0.05) is 0 Å². The number of carbonyl (C=O) groups is 1. The minimum absolute atomic E-state index is 0.151. The molecule has 74 valence electrons. The summed E-state index contributed by atoms with van der Waals surface area (Å²) in [5.74, 6) is 1.43. The molecule has 2 bridgehead atoms. The zero-order chi connectivity index (χ0) is 9.26. The second-order valence-electron chi connectivity index (χ2n) is 4.01. The van der Waals surface area contributed by atoms with E-state index in [0.717, 1.165) is 12.3 Å². The molecule has 2 fully saturated rings. The number of fused-ring (bicyclic) bond motifs is 2. The summed E-state index contributed by atoms with van der Waals surface area (Å²) in [5.41, 5.74) is 0. The van der Waals surface area contributed by atoms with Crippen LogP contribution in [0.5, 0.6) is 0 Å². The maximum Gasteiger partial charge on any atom is 0.508 e. The largest absolute Gasteiger partial charge is 0.508 e. The SMILES string of the molecule is CCOC(=O)O[C@@H]1C[C@H]2CC[C@@H]1C2. The van der Waals surface area contributed by atoms with Crippen LogP contribution in [0.15, 0.2) is 0 Å². The second kappa shape index (κ2) is 3.56. The van der Waals surface area contributed by atoms with Crippen LogP contribution >= 0.6 is 0 Å². The lowest BCUT2D eigenvalue weighted by molar-refractivity contribution is 0.00694. The van der Waals surface area contributed by atoms with Crippen molar-refractivity contribution in [2.75, 3.05) is 6.61 Å². The molecular weight excluding hydrogens is 168 g/mol. The molecule has 0 spiro atoms. The van der Waals surface area contributed by atoms with Crippen molar-refractivity contribution in [3.8, 4) is 0 Å². The van der Waals surface area contributed by atoms with Gasteiger partial charge < -0.3 is 9.47 Å². The third kappa shape index (κ3) is 1.79. The fourth-order valence-electron chi connectivity index (χ4n) is 2.61. The van der Waals surface area contributed by atoms with Crippen LogP contribution in [0.2, 0.25) is 0 Å². The molecule has 0 aromatic carbocycles. The van der Waals surface area contributed by atoms with E-state index in [1.807, 2.05) is 0 Å². The first-order valence-electron chi connectivity index (χ1n) is 5.13. The normalized spacial score (nSPS) is 36.2. The molecule has 2 aliphatic carbocycles. The molecule has 0 N–H and O–H groups in total. The van der Waals surface area contributed by atoms with Crippen molar-refractivity contribution in [2.24, 2.45) is 11.8 Å². The van der Waals surface area contributed by atoms with E-state index in [1.54, 1.807) is 6.92 Å². The number of rotatable bonds is 2. The lowest BCUT2D eigenvalue weighted by Gasteiger charge is -2.21. The van der Waals surface area contributed by atoms with Gasteiger partial charge in [0.15, 0.2) is 0 Å². The standard InChI is InChI=1S/C10H16O3/c1-2-12-10(11)13-9-6-7-3-4-8(9)5-7/h7-9H,2-6H2,1H3/t7-,8+,9+/m0/s1. The van der Waals surface area contributed by atoms with Crippen molar-refractivity contribution < 1.29 is 14.3 Å². The molecule has 3 nitrogen and oxygen atoms in total. The number of hydrogen-bond donors (Lipinski definition) is 0. The number of hydrogen-bond acceptors (Lipinski definition) is 3. The maximum atomic E-state index is 11.0. The molecule has 0 aliphatic heterocycles. The summed E-state index contributed by atoms with van der Waals surface area (Å²) in [6.07, 6.45) is 4.54. The Morgan fingerprint density at radius 2 is 2.23 bits per heavy atom. The van der Waals surface area contributed by atoms with Gasteiger partial charge in [0.2, 0.25) is 0 Å². The predicted octanol–water partition coefficient (Wildman–Crippen LogP) is 2.35. The fraction of sp³-hybridized carbons (Fsp3) is 0.900. The van der Waals surface area contributed by atoms with E-state index in [-0.39, 0.29) is 6.10 Å². The minimum Gasteiger partial charge on any atom is -0.435 e. The lowest BCUT2D eigenvalue weighted by Crippen LogP contribution is -2.24. The Morgan fingerprint density at radius 1 is 1.38 bits per heavy atom. The highest BCUT2D eigenvalue weighted by molar-refractivity contribution is 5.60. The summed E-state index contributed by atoms with van der Waals surface area (Å²) >= 11 is 0. The first-order chi connectivity index (χ1) is 6.29. The molecule has 3 atom stereocenters. The summed E-state index contributed by atoms with van der Waals surface area (Å²) in [4.78, 5) is 11.0. The first-order valence-corrected chi connectivity index (χ1v) is 5.13. The molecule has 0 amide bonds. The van der Waals surface area contributed by atoms with Crippen LogP contribution in [0.25, 0.3) is 0 Å². The molecule has 0 aromatic heterocycles. The van der Waals surface area contributed by atoms with Gasteiger partial charge in [0.1, 0.15) is 6.10 Å². The molecule has 0 aromatic rings. The first kappa shape index (κ1) is 8.85. The Labute approximate surface area is 78.4 Å². The second-order valence-corrected chi connectivity index (χ2v) is 4.01. The Bertz CT molecular complexity index is 202. The Morgan fingerprint density at radius 3 is 2.77 bits per heavy atom. The van der Waals surface area contributed by atoms with E-state index < -0.39 is 6.16 Å². The molecule has 0 radical (unpaired) electrons. The van der Waals surface area contributed by atoms with E-state index >= 15 is 0 Å². The number of ether oxygens (including phenoxy) is 2. The Kier molecular flexibility index (Phi) is 2.42. The fourth-order valence-corrected chi connectivity index (χ4v) is 2.61. The highest BCUT2D eigenvalue weighted by Crippen LogP contribution is 2.45. The molecule has 2 rings (SSSR count). The quantitative estimate of drug-likeness (QED) is 0.618. The topological polar surface area (TPSA) is 35.5 Å². The van der Waals surface area contributed by atoms with Crippen molar-refractivity contribution in [1.29, 1.82) is 0 Å². The average molecular weight is 184 g/mol. The van der Waals surface area contributed by atoms with Crippen LogP contribution in [-0.2, 0) is 9.47 Å². The molecule has 0 saturated heterocycles. The van der Waals surface area contributed by atoms with Gasteiger partial charge >= 0.3 is 6.16 Å². The summed E-state index contributed by atoms with van der Waals surface area (Å²) in [6, 6.07) is 0. The van der Waals surface area contributed by atoms with Crippen LogP contribution in [0.4, 0.5) is 4.79 Å². The van der Waals surface area contributed by atoms with Crippen LogP contribution in [0.3, 0.4) is 0 Å². The smallest absolute Gasteiger partial charge is 0.435 e. The van der Waals surface area contributed by atoms with E-state index in [4.69, 9.17) is 9.47 Å². The summed E-state index contributed by atoms with van der Waals surface area (Å²) in [5, 5.41) is 0. The van der Waals surface area contributed by atoms with Crippen LogP contribution < -0.4 is 0 Å². The molecular formula is C10H16O3.